The Labute approximate surface area is 169 Å². The fourth-order valence-corrected chi connectivity index (χ4v) is 4.40. The molecule has 0 N–H and O–H groups in total. The molecule has 0 unspecified atom stereocenters. The van der Waals surface area contributed by atoms with Crippen molar-refractivity contribution in [3.8, 4) is 10.7 Å². The lowest BCUT2D eigenvalue weighted by atomic mass is 10.2. The maximum Gasteiger partial charge on any atom is 0.263 e. The number of para-hydroxylation sites is 2. The second-order valence-electron chi connectivity index (χ2n) is 6.89. The lowest BCUT2D eigenvalue weighted by Crippen LogP contribution is -2.25. The first-order valence-electron chi connectivity index (χ1n) is 9.52. The molecule has 0 aliphatic carbocycles. The third-order valence-corrected chi connectivity index (χ3v) is 5.82. The van der Waals surface area contributed by atoms with Crippen LogP contribution >= 0.6 is 11.3 Å². The summed E-state index contributed by atoms with van der Waals surface area (Å²) in [7, 11) is 1.85. The highest BCUT2D eigenvalue weighted by Crippen LogP contribution is 2.31. The minimum absolute atomic E-state index is 0.0401. The van der Waals surface area contributed by atoms with Gasteiger partial charge in [-0.2, -0.15) is 0 Å². The third kappa shape index (κ3) is 3.58. The van der Waals surface area contributed by atoms with Gasteiger partial charge in [-0.3, -0.25) is 4.79 Å². The number of aromatic nitrogens is 2. The summed E-state index contributed by atoms with van der Waals surface area (Å²) in [4.78, 5) is 21.3. The second-order valence-corrected chi connectivity index (χ2v) is 7.97. The van der Waals surface area contributed by atoms with E-state index in [2.05, 4.69) is 17.6 Å². The quantitative estimate of drug-likeness (QED) is 0.440. The molecule has 0 bridgehead atoms. The van der Waals surface area contributed by atoms with Crippen LogP contribution < -0.4 is 0 Å². The molecule has 0 atom stereocenters. The van der Waals surface area contributed by atoms with Gasteiger partial charge in [0.2, 0.25) is 0 Å². The zero-order valence-corrected chi connectivity index (χ0v) is 16.9. The standard InChI is InChI=1S/C23H23N3OS/c1-3-15-26-19-12-8-7-11-18(19)24-22(26)20-13-14-21(28-20)23(27)25(2)16-17-9-5-4-6-10-17/h4-14H,3,15-16H2,1-2H3. The zero-order valence-electron chi connectivity index (χ0n) is 16.1. The number of fused-ring (bicyclic) bond motifs is 1. The summed E-state index contributed by atoms with van der Waals surface area (Å²) < 4.78 is 2.25. The monoisotopic (exact) mass is 389 g/mol. The molecule has 0 aliphatic rings. The molecule has 0 fully saturated rings. The minimum Gasteiger partial charge on any atom is -0.337 e. The summed E-state index contributed by atoms with van der Waals surface area (Å²) >= 11 is 1.51. The fraction of sp³-hybridized carbons (Fsp3) is 0.217. The van der Waals surface area contributed by atoms with Crippen molar-refractivity contribution >= 4 is 28.3 Å². The zero-order chi connectivity index (χ0) is 19.5. The highest BCUT2D eigenvalue weighted by Gasteiger charge is 2.18. The van der Waals surface area contributed by atoms with Crippen LogP contribution in [0.5, 0.6) is 0 Å². The number of benzene rings is 2. The summed E-state index contributed by atoms with van der Waals surface area (Å²) in [5, 5.41) is 0. The van der Waals surface area contributed by atoms with Crippen LogP contribution in [0.1, 0.15) is 28.6 Å². The average Bonchev–Trinajstić information content (AvgIpc) is 3.34. The Bertz CT molecular complexity index is 1100. The van der Waals surface area contributed by atoms with Crippen molar-refractivity contribution in [1.82, 2.24) is 14.5 Å². The van der Waals surface area contributed by atoms with Crippen LogP contribution in [0.25, 0.3) is 21.7 Å². The summed E-state index contributed by atoms with van der Waals surface area (Å²) in [6.45, 7) is 3.67. The van der Waals surface area contributed by atoms with Gasteiger partial charge in [-0.15, -0.1) is 11.3 Å². The summed E-state index contributed by atoms with van der Waals surface area (Å²) in [5.74, 6) is 0.982. The number of hydrogen-bond donors (Lipinski definition) is 0. The van der Waals surface area contributed by atoms with Gasteiger partial charge in [-0.25, -0.2) is 4.98 Å². The predicted octanol–water partition coefficient (Wildman–Crippen LogP) is 5.45. The van der Waals surface area contributed by atoms with Gasteiger partial charge in [0.15, 0.2) is 5.82 Å². The molecule has 0 aliphatic heterocycles. The van der Waals surface area contributed by atoms with E-state index in [1.165, 1.54) is 11.3 Å². The van der Waals surface area contributed by atoms with Crippen molar-refractivity contribution in [3.05, 3.63) is 77.2 Å². The molecule has 142 valence electrons. The minimum atomic E-state index is 0.0401. The topological polar surface area (TPSA) is 38.1 Å². The second kappa shape index (κ2) is 7.98. The number of rotatable bonds is 6. The van der Waals surface area contributed by atoms with E-state index >= 15 is 0 Å². The maximum atomic E-state index is 12.9. The van der Waals surface area contributed by atoms with Crippen LogP contribution in [0.2, 0.25) is 0 Å². The van der Waals surface area contributed by atoms with Gasteiger partial charge in [0.25, 0.3) is 5.91 Å². The van der Waals surface area contributed by atoms with E-state index in [0.29, 0.717) is 6.54 Å². The van der Waals surface area contributed by atoms with Gasteiger partial charge >= 0.3 is 0 Å². The molecule has 2 aromatic heterocycles. The Hall–Kier alpha value is -2.92. The van der Waals surface area contributed by atoms with Gasteiger partial charge in [0, 0.05) is 20.1 Å². The van der Waals surface area contributed by atoms with E-state index in [-0.39, 0.29) is 5.91 Å². The molecule has 4 aromatic rings. The Kier molecular flexibility index (Phi) is 5.26. The molecule has 0 spiro atoms. The van der Waals surface area contributed by atoms with Gasteiger partial charge in [0.1, 0.15) is 0 Å². The van der Waals surface area contributed by atoms with Crippen molar-refractivity contribution in [2.24, 2.45) is 0 Å². The summed E-state index contributed by atoms with van der Waals surface area (Å²) in [5.41, 5.74) is 3.26. The molecule has 5 heteroatoms. The molecule has 0 saturated heterocycles. The van der Waals surface area contributed by atoms with Crippen molar-refractivity contribution in [2.75, 3.05) is 7.05 Å². The summed E-state index contributed by atoms with van der Waals surface area (Å²) in [6.07, 6.45) is 1.03. The molecule has 0 saturated carbocycles. The molecule has 1 amide bonds. The number of aryl methyl sites for hydroxylation is 1. The van der Waals surface area contributed by atoms with Crippen molar-refractivity contribution in [2.45, 2.75) is 26.4 Å². The maximum absolute atomic E-state index is 12.9. The number of thiophene rings is 1. The average molecular weight is 390 g/mol. The third-order valence-electron chi connectivity index (χ3n) is 4.75. The fourth-order valence-electron chi connectivity index (χ4n) is 3.40. The molecule has 4 rings (SSSR count). The van der Waals surface area contributed by atoms with Gasteiger partial charge in [-0.1, -0.05) is 49.4 Å². The molecule has 0 radical (unpaired) electrons. The lowest BCUT2D eigenvalue weighted by Gasteiger charge is -2.16. The number of carbonyl (C=O) groups excluding carboxylic acids is 1. The number of amides is 1. The first kappa shape index (κ1) is 18.4. The van der Waals surface area contributed by atoms with E-state index in [0.717, 1.165) is 45.1 Å². The van der Waals surface area contributed by atoms with Gasteiger partial charge < -0.3 is 9.47 Å². The molecule has 2 heterocycles. The van der Waals surface area contributed by atoms with Crippen LogP contribution in [0.4, 0.5) is 0 Å². The van der Waals surface area contributed by atoms with Crippen molar-refractivity contribution in [1.29, 1.82) is 0 Å². The highest BCUT2D eigenvalue weighted by atomic mass is 32.1. The lowest BCUT2D eigenvalue weighted by molar-refractivity contribution is 0.0790. The Morgan fingerprint density at radius 2 is 1.79 bits per heavy atom. The Morgan fingerprint density at radius 3 is 2.57 bits per heavy atom. The predicted molar refractivity (Wildman–Crippen MR) is 116 cm³/mol. The van der Waals surface area contributed by atoms with Crippen LogP contribution in [-0.4, -0.2) is 27.4 Å². The summed E-state index contributed by atoms with van der Waals surface area (Å²) in [6, 6.07) is 22.2. The molecule has 2 aromatic carbocycles. The first-order valence-corrected chi connectivity index (χ1v) is 10.3. The van der Waals surface area contributed by atoms with Crippen LogP contribution in [-0.2, 0) is 13.1 Å². The van der Waals surface area contributed by atoms with Gasteiger partial charge in [0.05, 0.1) is 20.8 Å². The number of imidazole rings is 1. The molecular formula is C23H23N3OS. The highest BCUT2D eigenvalue weighted by molar-refractivity contribution is 7.17. The largest absolute Gasteiger partial charge is 0.337 e. The van der Waals surface area contributed by atoms with E-state index in [9.17, 15) is 4.79 Å². The number of hydrogen-bond acceptors (Lipinski definition) is 3. The van der Waals surface area contributed by atoms with E-state index < -0.39 is 0 Å². The molecule has 28 heavy (non-hydrogen) atoms. The van der Waals surface area contributed by atoms with Crippen molar-refractivity contribution < 1.29 is 4.79 Å². The van der Waals surface area contributed by atoms with Crippen LogP contribution in [0.3, 0.4) is 0 Å². The van der Waals surface area contributed by atoms with Crippen LogP contribution in [0.15, 0.2) is 66.7 Å². The molecule has 4 nitrogen and oxygen atoms in total. The normalized spacial score (nSPS) is 11.1. The van der Waals surface area contributed by atoms with Crippen LogP contribution in [0, 0.1) is 0 Å². The number of carbonyl (C=O) groups is 1. The number of nitrogens with zero attached hydrogens (tertiary/aromatic N) is 3. The van der Waals surface area contributed by atoms with Crippen molar-refractivity contribution in [3.63, 3.8) is 0 Å². The first-order chi connectivity index (χ1) is 13.7. The van der Waals surface area contributed by atoms with E-state index in [1.54, 1.807) is 4.90 Å². The Morgan fingerprint density at radius 1 is 1.04 bits per heavy atom. The van der Waals surface area contributed by atoms with Gasteiger partial charge in [-0.05, 0) is 36.2 Å². The van der Waals surface area contributed by atoms with E-state index in [1.807, 2.05) is 67.7 Å². The van der Waals surface area contributed by atoms with E-state index in [4.69, 9.17) is 4.98 Å². The Balaban J connectivity index is 1.61. The molecular weight excluding hydrogens is 366 g/mol. The SMILES string of the molecule is CCCn1c(-c2ccc(C(=O)N(C)Cc3ccccc3)s2)nc2ccccc21. The smallest absolute Gasteiger partial charge is 0.263 e.